The highest BCUT2D eigenvalue weighted by Gasteiger charge is 2.32. The highest BCUT2D eigenvalue weighted by Crippen LogP contribution is 2.32. The van der Waals surface area contributed by atoms with E-state index in [-0.39, 0.29) is 46.8 Å². The van der Waals surface area contributed by atoms with E-state index in [2.05, 4.69) is 35.5 Å². The molecular weight excluding hydrogens is 576 g/mol. The third-order valence-electron chi connectivity index (χ3n) is 8.05. The number of sulfonamides is 1. The number of benzene rings is 2. The first-order valence-corrected chi connectivity index (χ1v) is 16.1. The topological polar surface area (TPSA) is 119 Å². The average molecular weight is 617 g/mol. The van der Waals surface area contributed by atoms with Crippen LogP contribution in [0.4, 0.5) is 5.95 Å². The lowest BCUT2D eigenvalue weighted by atomic mass is 9.87. The average Bonchev–Trinajstić information content (AvgIpc) is 3.18. The van der Waals surface area contributed by atoms with E-state index in [9.17, 15) is 13.2 Å². The number of imidazole rings is 1. The second kappa shape index (κ2) is 11.7. The van der Waals surface area contributed by atoms with E-state index in [1.807, 2.05) is 57.5 Å². The van der Waals surface area contributed by atoms with Crippen molar-refractivity contribution in [2.24, 2.45) is 12.5 Å². The predicted octanol–water partition coefficient (Wildman–Crippen LogP) is 5.75. The zero-order valence-electron chi connectivity index (χ0n) is 26.6. The van der Waals surface area contributed by atoms with Gasteiger partial charge in [-0.15, -0.1) is 0 Å². The molecule has 4 aromatic rings. The Morgan fingerprint density at radius 3 is 2.30 bits per heavy atom. The number of carbonyl (C=O) groups excluding carboxylic acids is 1. The van der Waals surface area contributed by atoms with Crippen LogP contribution in [0.25, 0.3) is 11.3 Å². The molecule has 0 saturated carbocycles. The molecule has 2 aromatic heterocycles. The molecule has 0 fully saturated rings. The number of rotatable bonds is 4. The second-order valence-corrected chi connectivity index (χ2v) is 14.4. The first-order valence-electron chi connectivity index (χ1n) is 14.6. The smallest absolute Gasteiger partial charge is 0.264 e. The zero-order chi connectivity index (χ0) is 32.0. The number of carbonyl (C=O) groups is 1. The fourth-order valence-corrected chi connectivity index (χ4v) is 6.62. The van der Waals surface area contributed by atoms with Gasteiger partial charge < -0.3 is 14.2 Å². The van der Waals surface area contributed by atoms with Crippen LogP contribution in [-0.2, 0) is 23.6 Å². The highest BCUT2D eigenvalue weighted by atomic mass is 32.2. The summed E-state index contributed by atoms with van der Waals surface area (Å²) >= 11 is 0. The van der Waals surface area contributed by atoms with E-state index < -0.39 is 16.1 Å². The van der Waals surface area contributed by atoms with Gasteiger partial charge >= 0.3 is 0 Å². The van der Waals surface area contributed by atoms with Gasteiger partial charge in [-0.25, -0.2) is 23.1 Å². The van der Waals surface area contributed by atoms with Crippen LogP contribution in [0.2, 0.25) is 0 Å². The molecule has 0 spiro atoms. The van der Waals surface area contributed by atoms with E-state index in [1.165, 1.54) is 12.1 Å². The Kier molecular flexibility index (Phi) is 8.28. The van der Waals surface area contributed by atoms with Crippen molar-refractivity contribution >= 4 is 21.9 Å². The van der Waals surface area contributed by atoms with E-state index in [0.29, 0.717) is 12.1 Å². The van der Waals surface area contributed by atoms with Crippen molar-refractivity contribution in [1.82, 2.24) is 24.4 Å². The number of amides is 1. The minimum absolute atomic E-state index is 0.0675. The van der Waals surface area contributed by atoms with Crippen LogP contribution < -0.4 is 9.46 Å². The van der Waals surface area contributed by atoms with Crippen LogP contribution in [0.3, 0.4) is 0 Å². The number of nitrogens with one attached hydrogen (secondary N) is 1. The monoisotopic (exact) mass is 616 g/mol. The minimum Gasteiger partial charge on any atom is -0.475 e. The van der Waals surface area contributed by atoms with Crippen molar-refractivity contribution in [1.29, 1.82) is 0 Å². The molecule has 0 saturated heterocycles. The first-order chi connectivity index (χ1) is 20.6. The third-order valence-corrected chi connectivity index (χ3v) is 9.38. The molecule has 44 heavy (non-hydrogen) atoms. The number of ether oxygens (including phenoxy) is 1. The lowest BCUT2D eigenvalue weighted by Gasteiger charge is -2.35. The Morgan fingerprint density at radius 1 is 0.977 bits per heavy atom. The molecule has 1 aliphatic rings. The van der Waals surface area contributed by atoms with Gasteiger partial charge in [-0.05, 0) is 68.9 Å². The molecule has 1 atom stereocenters. The summed E-state index contributed by atoms with van der Waals surface area (Å²) in [5.74, 6) is 0.505. The molecule has 3 heterocycles. The summed E-state index contributed by atoms with van der Waals surface area (Å²) in [4.78, 5) is 29.8. The van der Waals surface area contributed by atoms with Gasteiger partial charge in [0.25, 0.3) is 15.9 Å². The van der Waals surface area contributed by atoms with Gasteiger partial charge in [-0.2, -0.15) is 4.98 Å². The highest BCUT2D eigenvalue weighted by molar-refractivity contribution is 7.92. The van der Waals surface area contributed by atoms with E-state index in [0.717, 1.165) is 33.9 Å². The van der Waals surface area contributed by atoms with Crippen molar-refractivity contribution in [3.63, 3.8) is 0 Å². The third kappa shape index (κ3) is 6.47. The second-order valence-electron chi connectivity index (χ2n) is 12.7. The van der Waals surface area contributed by atoms with Crippen molar-refractivity contribution in [3.05, 3.63) is 82.4 Å². The summed E-state index contributed by atoms with van der Waals surface area (Å²) in [6.45, 7) is 14.6. The largest absolute Gasteiger partial charge is 0.475 e. The Bertz CT molecular complexity index is 1820. The van der Waals surface area contributed by atoms with Crippen LogP contribution in [0, 0.1) is 33.1 Å². The molecule has 5 rings (SSSR count). The first kappa shape index (κ1) is 31.2. The van der Waals surface area contributed by atoms with Gasteiger partial charge in [0.15, 0.2) is 0 Å². The lowest BCUT2D eigenvalue weighted by molar-refractivity contribution is 0.0502. The van der Waals surface area contributed by atoms with Crippen LogP contribution >= 0.6 is 0 Å². The normalized spacial score (nSPS) is 16.8. The molecule has 232 valence electrons. The summed E-state index contributed by atoms with van der Waals surface area (Å²) in [7, 11) is -2.21. The van der Waals surface area contributed by atoms with Crippen LogP contribution in [0.5, 0.6) is 5.88 Å². The van der Waals surface area contributed by atoms with Crippen molar-refractivity contribution in [2.45, 2.75) is 72.4 Å². The van der Waals surface area contributed by atoms with Crippen molar-refractivity contribution < 1.29 is 17.9 Å². The van der Waals surface area contributed by atoms with Crippen LogP contribution in [0.15, 0.2) is 53.4 Å². The van der Waals surface area contributed by atoms with Gasteiger partial charge in [0.05, 0.1) is 28.9 Å². The maximum absolute atomic E-state index is 14.3. The zero-order valence-corrected chi connectivity index (χ0v) is 27.4. The molecule has 1 N–H and O–H groups in total. The van der Waals surface area contributed by atoms with Gasteiger partial charge in [0.2, 0.25) is 11.8 Å². The Hall–Kier alpha value is -4.25. The molecular formula is C33H40N6O4S. The van der Waals surface area contributed by atoms with Crippen LogP contribution in [-0.4, -0.2) is 51.4 Å². The van der Waals surface area contributed by atoms with E-state index in [1.54, 1.807) is 23.1 Å². The summed E-state index contributed by atoms with van der Waals surface area (Å²) in [6, 6.07) is 13.3. The van der Waals surface area contributed by atoms with E-state index >= 15 is 0 Å². The lowest BCUT2D eigenvalue weighted by Crippen LogP contribution is -2.45. The van der Waals surface area contributed by atoms with Gasteiger partial charge in [0.1, 0.15) is 12.4 Å². The minimum atomic E-state index is -4.15. The number of nitrogens with zero attached hydrogens (tertiary/aromatic N) is 5. The molecule has 10 nitrogen and oxygen atoms in total. The standard InChI is InChI=1S/C33H40N6O4S/c1-20-11-9-12-21(2)30(20)27-16-29-36-32(35-27)37-44(41,42)26-14-10-13-24(15-26)31(40)39(25(19-43-29)17-33(5,6)7)18-28-34-22(3)23(4)38(28)8/h9-16,25H,17-19H2,1-8H3,(H,35,36,37)/t25-/m1/s1. The summed E-state index contributed by atoms with van der Waals surface area (Å²) < 4.78 is 38.1. The summed E-state index contributed by atoms with van der Waals surface area (Å²) in [6.07, 6.45) is 0.610. The van der Waals surface area contributed by atoms with Crippen molar-refractivity contribution in [2.75, 3.05) is 11.3 Å². The quantitative estimate of drug-likeness (QED) is 0.310. The SMILES string of the molecule is Cc1cccc(C)c1-c1cc2nc(n1)NS(=O)(=O)c1cccc(c1)C(=O)N(Cc1nc(C)c(C)n1C)[C@H](CC(C)(C)C)CO2. The number of aromatic nitrogens is 4. The molecule has 0 aliphatic carbocycles. The maximum Gasteiger partial charge on any atom is 0.264 e. The molecule has 1 aliphatic heterocycles. The molecule has 1 amide bonds. The Balaban J connectivity index is 1.69. The number of anilines is 1. The molecule has 0 radical (unpaired) electrons. The molecule has 11 heteroatoms. The van der Waals surface area contributed by atoms with Gasteiger partial charge in [-0.3, -0.25) is 4.79 Å². The summed E-state index contributed by atoms with van der Waals surface area (Å²) in [5, 5.41) is 0. The number of hydrogen-bond acceptors (Lipinski definition) is 7. The maximum atomic E-state index is 14.3. The number of fused-ring (bicyclic) bond motifs is 4. The molecule has 2 aromatic carbocycles. The van der Waals surface area contributed by atoms with Gasteiger partial charge in [-0.1, -0.05) is 45.0 Å². The predicted molar refractivity (Wildman–Crippen MR) is 170 cm³/mol. The van der Waals surface area contributed by atoms with Crippen LogP contribution in [0.1, 0.15) is 65.9 Å². The fourth-order valence-electron chi connectivity index (χ4n) is 5.63. The number of aryl methyl sites for hydroxylation is 3. The van der Waals surface area contributed by atoms with Gasteiger partial charge in [0, 0.05) is 29.9 Å². The van der Waals surface area contributed by atoms with Crippen molar-refractivity contribution in [3.8, 4) is 17.1 Å². The molecule has 4 bridgehead atoms. The molecule has 0 unspecified atom stereocenters. The number of hydrogen-bond donors (Lipinski definition) is 1. The fraction of sp³-hybridized carbons (Fsp3) is 0.394. The van der Waals surface area contributed by atoms with E-state index in [4.69, 9.17) is 9.72 Å². The Labute approximate surface area is 259 Å². The summed E-state index contributed by atoms with van der Waals surface area (Å²) in [5.41, 5.74) is 5.35. The Morgan fingerprint density at radius 2 is 1.66 bits per heavy atom.